The lowest BCUT2D eigenvalue weighted by atomic mass is 9.93. The molecule has 2 heterocycles. The Labute approximate surface area is 195 Å². The molecule has 1 amide bonds. The van der Waals surface area contributed by atoms with Gasteiger partial charge in [-0.3, -0.25) is 15.1 Å². The first-order valence-electron chi connectivity index (χ1n) is 11.2. The second kappa shape index (κ2) is 10.9. The number of nitriles is 1. The molecule has 32 heavy (non-hydrogen) atoms. The van der Waals surface area contributed by atoms with Crippen LogP contribution in [0.2, 0.25) is 5.02 Å². The number of carbonyl (C=O) groups is 1. The van der Waals surface area contributed by atoms with Gasteiger partial charge >= 0.3 is 0 Å². The number of nitrogens with zero attached hydrogens (tertiary/aromatic N) is 4. The quantitative estimate of drug-likeness (QED) is 0.605. The van der Waals surface area contributed by atoms with Crippen LogP contribution in [0.4, 0.5) is 0 Å². The van der Waals surface area contributed by atoms with Crippen molar-refractivity contribution in [3.63, 3.8) is 0 Å². The van der Waals surface area contributed by atoms with Crippen molar-refractivity contribution < 1.29 is 4.79 Å². The van der Waals surface area contributed by atoms with Gasteiger partial charge < -0.3 is 0 Å². The van der Waals surface area contributed by atoms with Crippen LogP contribution < -0.4 is 10.9 Å². The molecule has 8 heteroatoms. The molecule has 170 valence electrons. The predicted molar refractivity (Wildman–Crippen MR) is 126 cm³/mol. The first kappa shape index (κ1) is 24.1. The smallest absolute Gasteiger partial charge is 0.266 e. The average Bonchev–Trinajstić information content (AvgIpc) is 2.76. The molecular formula is C24H31ClN6O. The third kappa shape index (κ3) is 5.63. The maximum absolute atomic E-state index is 13.1. The van der Waals surface area contributed by atoms with Crippen LogP contribution in [0.5, 0.6) is 0 Å². The largest absolute Gasteiger partial charge is 0.294 e. The fraction of sp³-hybridized carbons (Fsp3) is 0.500. The van der Waals surface area contributed by atoms with Crippen LogP contribution in [0.15, 0.2) is 24.4 Å². The standard InChI is InChI=1S/C24H31ClN6O/c1-15(2)12-28-30-24(32)19-10-6-9-18(14-31-16(3)7-5-8-17(31)4)22(19)23-20(25)13-27-21(11-26)29-23/h6,9-10,13,15-17,28H,5,7-8,12,14H2,1-4H3,(H,30,32). The highest BCUT2D eigenvalue weighted by molar-refractivity contribution is 6.33. The fourth-order valence-electron chi connectivity index (χ4n) is 4.18. The molecule has 2 N–H and O–H groups in total. The van der Waals surface area contributed by atoms with E-state index in [0.717, 1.165) is 18.4 Å². The lowest BCUT2D eigenvalue weighted by Crippen LogP contribution is -2.43. The van der Waals surface area contributed by atoms with Gasteiger partial charge in [-0.15, -0.1) is 0 Å². The third-order valence-electron chi connectivity index (χ3n) is 5.92. The number of halogens is 1. The van der Waals surface area contributed by atoms with E-state index in [-0.39, 0.29) is 11.7 Å². The minimum absolute atomic E-state index is 0.0169. The van der Waals surface area contributed by atoms with Crippen LogP contribution in [-0.4, -0.2) is 39.4 Å². The van der Waals surface area contributed by atoms with Gasteiger partial charge in [-0.1, -0.05) is 44.0 Å². The van der Waals surface area contributed by atoms with Crippen molar-refractivity contribution in [2.75, 3.05) is 6.54 Å². The van der Waals surface area contributed by atoms with E-state index in [1.165, 1.54) is 12.6 Å². The number of amides is 1. The zero-order valence-electron chi connectivity index (χ0n) is 19.2. The maximum atomic E-state index is 13.1. The van der Waals surface area contributed by atoms with Crippen LogP contribution >= 0.6 is 11.6 Å². The second-order valence-electron chi connectivity index (χ2n) is 8.87. The summed E-state index contributed by atoms with van der Waals surface area (Å²) < 4.78 is 0. The molecule has 0 bridgehead atoms. The third-order valence-corrected chi connectivity index (χ3v) is 6.19. The molecule has 2 unspecified atom stereocenters. The summed E-state index contributed by atoms with van der Waals surface area (Å²) in [7, 11) is 0. The summed E-state index contributed by atoms with van der Waals surface area (Å²) in [5.41, 5.74) is 8.22. The number of rotatable bonds is 7. The molecule has 1 aliphatic rings. The molecule has 1 saturated heterocycles. The van der Waals surface area contributed by atoms with Crippen molar-refractivity contribution in [2.24, 2.45) is 5.92 Å². The molecule has 7 nitrogen and oxygen atoms in total. The first-order valence-corrected chi connectivity index (χ1v) is 11.5. The Kier molecular flexibility index (Phi) is 8.19. The lowest BCUT2D eigenvalue weighted by molar-refractivity contribution is 0.0928. The van der Waals surface area contributed by atoms with Gasteiger partial charge in [0.1, 0.15) is 6.07 Å². The number of hydrazine groups is 1. The highest BCUT2D eigenvalue weighted by Crippen LogP contribution is 2.34. The summed E-state index contributed by atoms with van der Waals surface area (Å²) in [6, 6.07) is 8.50. The summed E-state index contributed by atoms with van der Waals surface area (Å²) in [5.74, 6) is 0.135. The number of likely N-dealkylation sites (tertiary alicyclic amines) is 1. The van der Waals surface area contributed by atoms with Crippen LogP contribution in [0.1, 0.15) is 68.7 Å². The normalized spacial score (nSPS) is 19.0. The number of piperidine rings is 1. The Bertz CT molecular complexity index is 992. The van der Waals surface area contributed by atoms with E-state index >= 15 is 0 Å². The molecule has 2 atom stereocenters. The fourth-order valence-corrected chi connectivity index (χ4v) is 4.37. The Morgan fingerprint density at radius 1 is 1.31 bits per heavy atom. The number of hydrogen-bond acceptors (Lipinski definition) is 6. The number of aromatic nitrogens is 2. The Morgan fingerprint density at radius 3 is 2.69 bits per heavy atom. The number of hydrogen-bond donors (Lipinski definition) is 2. The number of benzene rings is 1. The van der Waals surface area contributed by atoms with Crippen molar-refractivity contribution in [2.45, 2.75) is 65.6 Å². The highest BCUT2D eigenvalue weighted by Gasteiger charge is 2.27. The van der Waals surface area contributed by atoms with Crippen LogP contribution in [0.3, 0.4) is 0 Å². The molecule has 1 aromatic carbocycles. The lowest BCUT2D eigenvalue weighted by Gasteiger charge is -2.39. The maximum Gasteiger partial charge on any atom is 0.266 e. The summed E-state index contributed by atoms with van der Waals surface area (Å²) in [6.45, 7) is 9.93. The number of carbonyl (C=O) groups excluding carboxylic acids is 1. The number of nitrogens with one attached hydrogen (secondary N) is 2. The van der Waals surface area contributed by atoms with Crippen molar-refractivity contribution in [1.82, 2.24) is 25.7 Å². The van der Waals surface area contributed by atoms with E-state index in [1.54, 1.807) is 6.07 Å². The summed E-state index contributed by atoms with van der Waals surface area (Å²) >= 11 is 6.49. The van der Waals surface area contributed by atoms with Gasteiger partial charge in [0.05, 0.1) is 22.5 Å². The molecule has 0 radical (unpaired) electrons. The van der Waals surface area contributed by atoms with Gasteiger partial charge in [0, 0.05) is 30.7 Å². The summed E-state index contributed by atoms with van der Waals surface area (Å²) in [6.07, 6.45) is 4.93. The molecule has 3 rings (SSSR count). The topological polar surface area (TPSA) is 93.9 Å². The van der Waals surface area contributed by atoms with Gasteiger partial charge in [0.15, 0.2) is 0 Å². The molecule has 1 aromatic heterocycles. The second-order valence-corrected chi connectivity index (χ2v) is 9.28. The minimum atomic E-state index is -0.268. The van der Waals surface area contributed by atoms with E-state index < -0.39 is 0 Å². The molecule has 1 fully saturated rings. The molecule has 0 spiro atoms. The van der Waals surface area contributed by atoms with Gasteiger partial charge in [0.2, 0.25) is 5.82 Å². The van der Waals surface area contributed by atoms with Gasteiger partial charge in [-0.25, -0.2) is 15.4 Å². The SMILES string of the molecule is CC(C)CNNC(=O)c1cccc(CN2C(C)CCCC2C)c1-c1nc(C#N)ncc1Cl. The Balaban J connectivity index is 2.07. The zero-order valence-corrected chi connectivity index (χ0v) is 19.9. The van der Waals surface area contributed by atoms with Gasteiger partial charge in [0.25, 0.3) is 5.91 Å². The van der Waals surface area contributed by atoms with E-state index in [4.69, 9.17) is 11.6 Å². The van der Waals surface area contributed by atoms with E-state index in [2.05, 4.69) is 53.4 Å². The van der Waals surface area contributed by atoms with Crippen LogP contribution in [-0.2, 0) is 6.54 Å². The van der Waals surface area contributed by atoms with Crippen LogP contribution in [0.25, 0.3) is 11.3 Å². The van der Waals surface area contributed by atoms with E-state index in [1.807, 2.05) is 18.2 Å². The first-order chi connectivity index (χ1) is 15.3. The summed E-state index contributed by atoms with van der Waals surface area (Å²) in [5, 5.41) is 9.64. The van der Waals surface area contributed by atoms with Crippen molar-refractivity contribution in [3.8, 4) is 17.3 Å². The zero-order chi connectivity index (χ0) is 23.3. The van der Waals surface area contributed by atoms with E-state index in [0.29, 0.717) is 52.9 Å². The van der Waals surface area contributed by atoms with Crippen molar-refractivity contribution in [3.05, 3.63) is 46.4 Å². The average molecular weight is 455 g/mol. The molecular weight excluding hydrogens is 424 g/mol. The molecule has 1 aliphatic heterocycles. The molecule has 2 aromatic rings. The van der Waals surface area contributed by atoms with Crippen molar-refractivity contribution in [1.29, 1.82) is 5.26 Å². The van der Waals surface area contributed by atoms with Gasteiger partial charge in [-0.05, 0) is 44.2 Å². The summed E-state index contributed by atoms with van der Waals surface area (Å²) in [4.78, 5) is 23.9. The Morgan fingerprint density at radius 2 is 2.03 bits per heavy atom. The predicted octanol–water partition coefficient (Wildman–Crippen LogP) is 4.32. The Hall–Kier alpha value is -2.53. The van der Waals surface area contributed by atoms with Gasteiger partial charge in [-0.2, -0.15) is 5.26 Å². The monoisotopic (exact) mass is 454 g/mol. The highest BCUT2D eigenvalue weighted by atomic mass is 35.5. The molecule has 0 aliphatic carbocycles. The van der Waals surface area contributed by atoms with Crippen LogP contribution in [0, 0.1) is 17.2 Å². The van der Waals surface area contributed by atoms with E-state index in [9.17, 15) is 10.1 Å². The van der Waals surface area contributed by atoms with Crippen molar-refractivity contribution >= 4 is 17.5 Å². The minimum Gasteiger partial charge on any atom is -0.294 e. The molecule has 0 saturated carbocycles.